The third-order valence-corrected chi connectivity index (χ3v) is 3.21. The lowest BCUT2D eigenvalue weighted by Crippen LogP contribution is -2.30. The highest BCUT2D eigenvalue weighted by molar-refractivity contribution is 7.09. The molecular formula is C12H18N2S. The molecule has 0 fully saturated rings. The van der Waals surface area contributed by atoms with Gasteiger partial charge in [-0.15, -0.1) is 23.7 Å². The molecule has 0 aliphatic heterocycles. The summed E-state index contributed by atoms with van der Waals surface area (Å²) in [5.41, 5.74) is 1.12. The van der Waals surface area contributed by atoms with Crippen LogP contribution in [-0.2, 0) is 0 Å². The van der Waals surface area contributed by atoms with E-state index in [9.17, 15) is 0 Å². The van der Waals surface area contributed by atoms with Gasteiger partial charge >= 0.3 is 0 Å². The van der Waals surface area contributed by atoms with Crippen molar-refractivity contribution in [3.05, 3.63) is 16.1 Å². The Morgan fingerprint density at radius 3 is 2.87 bits per heavy atom. The molecule has 0 aliphatic carbocycles. The summed E-state index contributed by atoms with van der Waals surface area (Å²) < 4.78 is 0. The molecule has 0 bridgehead atoms. The molecule has 1 aromatic rings. The van der Waals surface area contributed by atoms with E-state index in [1.165, 1.54) is 0 Å². The Morgan fingerprint density at radius 2 is 2.40 bits per heavy atom. The van der Waals surface area contributed by atoms with Crippen LogP contribution in [0.4, 0.5) is 0 Å². The summed E-state index contributed by atoms with van der Waals surface area (Å²) in [6.07, 6.45) is 7.15. The number of nitrogens with zero attached hydrogens (tertiary/aromatic N) is 1. The number of hydrogen-bond acceptors (Lipinski definition) is 3. The van der Waals surface area contributed by atoms with Crippen LogP contribution < -0.4 is 5.32 Å². The van der Waals surface area contributed by atoms with Gasteiger partial charge in [0.05, 0.1) is 10.7 Å². The van der Waals surface area contributed by atoms with Gasteiger partial charge in [0.15, 0.2) is 0 Å². The second-order valence-electron chi connectivity index (χ2n) is 3.69. The maximum absolute atomic E-state index is 5.32. The van der Waals surface area contributed by atoms with E-state index in [2.05, 4.69) is 35.4 Å². The summed E-state index contributed by atoms with van der Waals surface area (Å²) in [7, 11) is 0. The molecule has 0 aromatic carbocycles. The average molecular weight is 222 g/mol. The second kappa shape index (κ2) is 5.89. The molecule has 2 unspecified atom stereocenters. The fourth-order valence-electron chi connectivity index (χ4n) is 1.48. The quantitative estimate of drug-likeness (QED) is 0.775. The molecule has 0 aliphatic rings. The summed E-state index contributed by atoms with van der Waals surface area (Å²) in [6, 6.07) is 0.681. The number of nitrogens with one attached hydrogen (secondary N) is 1. The van der Waals surface area contributed by atoms with Gasteiger partial charge in [0.1, 0.15) is 0 Å². The SMILES string of the molecule is C#CCC(CC)NC(C)c1csc(C)n1. The van der Waals surface area contributed by atoms with Crippen molar-refractivity contribution in [2.45, 2.75) is 45.7 Å². The van der Waals surface area contributed by atoms with Crippen LogP contribution in [0.1, 0.15) is 43.4 Å². The second-order valence-corrected chi connectivity index (χ2v) is 4.76. The smallest absolute Gasteiger partial charge is 0.0898 e. The largest absolute Gasteiger partial charge is 0.305 e. The van der Waals surface area contributed by atoms with Crippen LogP contribution in [0.15, 0.2) is 5.38 Å². The first-order chi connectivity index (χ1) is 7.17. The zero-order chi connectivity index (χ0) is 11.3. The molecule has 0 saturated carbocycles. The van der Waals surface area contributed by atoms with Crippen molar-refractivity contribution in [2.24, 2.45) is 0 Å². The Hall–Kier alpha value is -0.850. The number of aryl methyl sites for hydroxylation is 1. The zero-order valence-corrected chi connectivity index (χ0v) is 10.4. The Kier molecular flexibility index (Phi) is 4.80. The van der Waals surface area contributed by atoms with Gasteiger partial charge in [0.25, 0.3) is 0 Å². The van der Waals surface area contributed by atoms with Crippen LogP contribution in [0, 0.1) is 19.3 Å². The van der Waals surface area contributed by atoms with Crippen molar-refractivity contribution < 1.29 is 0 Å². The van der Waals surface area contributed by atoms with E-state index in [0.29, 0.717) is 6.04 Å². The molecule has 0 radical (unpaired) electrons. The van der Waals surface area contributed by atoms with Crippen LogP contribution in [0.5, 0.6) is 0 Å². The first kappa shape index (κ1) is 12.2. The average Bonchev–Trinajstić information content (AvgIpc) is 2.64. The third-order valence-electron chi connectivity index (χ3n) is 2.42. The predicted molar refractivity (Wildman–Crippen MR) is 65.9 cm³/mol. The lowest BCUT2D eigenvalue weighted by Gasteiger charge is -2.19. The minimum atomic E-state index is 0.285. The summed E-state index contributed by atoms with van der Waals surface area (Å²) in [5, 5.41) is 6.72. The van der Waals surface area contributed by atoms with Crippen molar-refractivity contribution in [1.29, 1.82) is 0 Å². The molecule has 82 valence electrons. The van der Waals surface area contributed by atoms with Crippen LogP contribution in [0.2, 0.25) is 0 Å². The number of aromatic nitrogens is 1. The molecule has 3 heteroatoms. The molecule has 1 N–H and O–H groups in total. The van der Waals surface area contributed by atoms with Crippen LogP contribution >= 0.6 is 11.3 Å². The summed E-state index contributed by atoms with van der Waals surface area (Å²) in [5.74, 6) is 2.70. The molecule has 2 nitrogen and oxygen atoms in total. The maximum atomic E-state index is 5.32. The van der Waals surface area contributed by atoms with Crippen molar-refractivity contribution in [3.8, 4) is 12.3 Å². The first-order valence-electron chi connectivity index (χ1n) is 5.28. The van der Waals surface area contributed by atoms with Gasteiger partial charge < -0.3 is 5.32 Å². The van der Waals surface area contributed by atoms with E-state index in [1.807, 2.05) is 6.92 Å². The third kappa shape index (κ3) is 3.65. The lowest BCUT2D eigenvalue weighted by atomic mass is 10.1. The Bertz CT molecular complexity index is 338. The zero-order valence-electron chi connectivity index (χ0n) is 9.58. The summed E-state index contributed by atoms with van der Waals surface area (Å²) >= 11 is 1.69. The number of hydrogen-bond donors (Lipinski definition) is 1. The van der Waals surface area contributed by atoms with Crippen molar-refractivity contribution in [2.75, 3.05) is 0 Å². The van der Waals surface area contributed by atoms with Crippen molar-refractivity contribution >= 4 is 11.3 Å². The molecule has 1 aromatic heterocycles. The molecule has 0 spiro atoms. The fourth-order valence-corrected chi connectivity index (χ4v) is 2.19. The maximum Gasteiger partial charge on any atom is 0.0898 e. The number of terminal acetylenes is 1. The molecular weight excluding hydrogens is 204 g/mol. The minimum Gasteiger partial charge on any atom is -0.305 e. The first-order valence-corrected chi connectivity index (χ1v) is 6.16. The van der Waals surface area contributed by atoms with E-state index in [0.717, 1.165) is 23.5 Å². The molecule has 0 saturated heterocycles. The monoisotopic (exact) mass is 222 g/mol. The fraction of sp³-hybridized carbons (Fsp3) is 0.583. The molecule has 15 heavy (non-hydrogen) atoms. The van der Waals surface area contributed by atoms with Gasteiger partial charge in [-0.3, -0.25) is 0 Å². The normalized spacial score (nSPS) is 14.5. The number of rotatable bonds is 5. The van der Waals surface area contributed by atoms with Gasteiger partial charge in [0.2, 0.25) is 0 Å². The van der Waals surface area contributed by atoms with E-state index in [4.69, 9.17) is 6.42 Å². The van der Waals surface area contributed by atoms with Crippen molar-refractivity contribution in [1.82, 2.24) is 10.3 Å². The van der Waals surface area contributed by atoms with E-state index in [-0.39, 0.29) is 6.04 Å². The molecule has 1 heterocycles. The lowest BCUT2D eigenvalue weighted by molar-refractivity contribution is 0.444. The highest BCUT2D eigenvalue weighted by Gasteiger charge is 2.12. The highest BCUT2D eigenvalue weighted by atomic mass is 32.1. The Labute approximate surface area is 96.1 Å². The molecule has 1 rings (SSSR count). The van der Waals surface area contributed by atoms with E-state index >= 15 is 0 Å². The summed E-state index contributed by atoms with van der Waals surface area (Å²) in [6.45, 7) is 6.31. The Balaban J connectivity index is 2.54. The highest BCUT2D eigenvalue weighted by Crippen LogP contribution is 2.17. The number of thiazole rings is 1. The molecule has 2 atom stereocenters. The van der Waals surface area contributed by atoms with Gasteiger partial charge in [0, 0.05) is 23.9 Å². The van der Waals surface area contributed by atoms with Gasteiger partial charge in [-0.2, -0.15) is 0 Å². The van der Waals surface area contributed by atoms with E-state index < -0.39 is 0 Å². The van der Waals surface area contributed by atoms with Crippen LogP contribution in [0.3, 0.4) is 0 Å². The van der Waals surface area contributed by atoms with Gasteiger partial charge in [-0.25, -0.2) is 4.98 Å². The Morgan fingerprint density at radius 1 is 1.67 bits per heavy atom. The molecule has 0 amide bonds. The van der Waals surface area contributed by atoms with Crippen LogP contribution in [0.25, 0.3) is 0 Å². The minimum absolute atomic E-state index is 0.285. The predicted octanol–water partition coefficient (Wildman–Crippen LogP) is 2.90. The van der Waals surface area contributed by atoms with E-state index in [1.54, 1.807) is 11.3 Å². The van der Waals surface area contributed by atoms with Gasteiger partial charge in [-0.1, -0.05) is 6.92 Å². The van der Waals surface area contributed by atoms with Gasteiger partial charge in [-0.05, 0) is 20.3 Å². The topological polar surface area (TPSA) is 24.9 Å². The standard InChI is InChI=1S/C12H18N2S/c1-5-7-11(6-2)13-9(3)12-8-15-10(4)14-12/h1,8-9,11,13H,6-7H2,2-4H3. The summed E-state index contributed by atoms with van der Waals surface area (Å²) in [4.78, 5) is 4.46. The van der Waals surface area contributed by atoms with Crippen LogP contribution in [-0.4, -0.2) is 11.0 Å². The van der Waals surface area contributed by atoms with Crippen molar-refractivity contribution in [3.63, 3.8) is 0 Å².